The fourth-order valence-electron chi connectivity index (χ4n) is 1.31. The molecule has 5 nitrogen and oxygen atoms in total. The van der Waals surface area contributed by atoms with Gasteiger partial charge in [-0.1, -0.05) is 6.92 Å². The van der Waals surface area contributed by atoms with Gasteiger partial charge in [-0.05, 0) is 18.7 Å². The molecule has 0 saturated heterocycles. The predicted octanol–water partition coefficient (Wildman–Crippen LogP) is 1.19. The largest absolute Gasteiger partial charge is 0.497 e. The van der Waals surface area contributed by atoms with Crippen molar-refractivity contribution in [2.75, 3.05) is 30.7 Å². The highest BCUT2D eigenvalue weighted by Gasteiger charge is 2.13. The molecule has 0 unspecified atom stereocenters. The molecule has 0 aliphatic carbocycles. The highest BCUT2D eigenvalue weighted by molar-refractivity contribution is 7.92. The fourth-order valence-corrected chi connectivity index (χ4v) is 2.32. The molecule has 1 rings (SSSR count). The fraction of sp³-hybridized carbons (Fsp3) is 0.455. The minimum absolute atomic E-state index is 0.106. The molecule has 1 aromatic rings. The highest BCUT2D eigenvalue weighted by Crippen LogP contribution is 2.21. The second-order valence-electron chi connectivity index (χ2n) is 3.62. The molecular formula is C11H17FN2O3S. The molecule has 0 atom stereocenters. The van der Waals surface area contributed by atoms with E-state index in [4.69, 9.17) is 4.74 Å². The van der Waals surface area contributed by atoms with E-state index in [1.165, 1.54) is 19.2 Å². The molecule has 0 bridgehead atoms. The standard InChI is InChI=1S/C11H17FN2O3S/c1-3-13-6-7-18(15,16)14-11-8-9(17-2)4-5-10(11)12/h4-5,8,13-14H,3,6-7H2,1-2H3. The summed E-state index contributed by atoms with van der Waals surface area (Å²) in [4.78, 5) is 0. The molecule has 18 heavy (non-hydrogen) atoms. The average molecular weight is 276 g/mol. The maximum Gasteiger partial charge on any atom is 0.234 e. The molecule has 102 valence electrons. The maximum atomic E-state index is 13.4. The van der Waals surface area contributed by atoms with Gasteiger partial charge in [0.15, 0.2) is 0 Å². The number of anilines is 1. The third kappa shape index (κ3) is 4.50. The zero-order valence-electron chi connectivity index (χ0n) is 10.4. The minimum atomic E-state index is -3.56. The Hall–Kier alpha value is -1.34. The molecule has 0 heterocycles. The van der Waals surface area contributed by atoms with Crippen LogP contribution in [0.5, 0.6) is 5.75 Å². The average Bonchev–Trinajstić information content (AvgIpc) is 2.32. The van der Waals surface area contributed by atoms with Crippen molar-refractivity contribution >= 4 is 15.7 Å². The molecule has 0 radical (unpaired) electrons. The van der Waals surface area contributed by atoms with E-state index in [0.29, 0.717) is 18.8 Å². The van der Waals surface area contributed by atoms with E-state index < -0.39 is 15.8 Å². The van der Waals surface area contributed by atoms with E-state index in [0.717, 1.165) is 6.07 Å². The summed E-state index contributed by atoms with van der Waals surface area (Å²) in [6.45, 7) is 2.88. The summed E-state index contributed by atoms with van der Waals surface area (Å²) in [6.07, 6.45) is 0. The summed E-state index contributed by atoms with van der Waals surface area (Å²) in [6, 6.07) is 3.88. The molecule has 0 aliphatic heterocycles. The molecule has 2 N–H and O–H groups in total. The number of hydrogen-bond donors (Lipinski definition) is 2. The van der Waals surface area contributed by atoms with Gasteiger partial charge < -0.3 is 10.1 Å². The quantitative estimate of drug-likeness (QED) is 0.734. The van der Waals surface area contributed by atoms with Gasteiger partial charge in [0.1, 0.15) is 11.6 Å². The number of benzene rings is 1. The van der Waals surface area contributed by atoms with Crippen molar-refractivity contribution in [3.05, 3.63) is 24.0 Å². The van der Waals surface area contributed by atoms with Crippen LogP contribution < -0.4 is 14.8 Å². The molecule has 0 aliphatic rings. The normalized spacial score (nSPS) is 11.3. The lowest BCUT2D eigenvalue weighted by atomic mass is 10.3. The van der Waals surface area contributed by atoms with Gasteiger partial charge in [0, 0.05) is 12.6 Å². The van der Waals surface area contributed by atoms with Gasteiger partial charge in [0.25, 0.3) is 0 Å². The molecular weight excluding hydrogens is 259 g/mol. The topological polar surface area (TPSA) is 67.4 Å². The van der Waals surface area contributed by atoms with Crippen molar-refractivity contribution in [2.45, 2.75) is 6.92 Å². The Morgan fingerprint density at radius 2 is 2.11 bits per heavy atom. The van der Waals surface area contributed by atoms with Crippen LogP contribution >= 0.6 is 0 Å². The Morgan fingerprint density at radius 1 is 1.39 bits per heavy atom. The smallest absolute Gasteiger partial charge is 0.234 e. The van der Waals surface area contributed by atoms with E-state index in [2.05, 4.69) is 10.0 Å². The lowest BCUT2D eigenvalue weighted by molar-refractivity contribution is 0.414. The number of hydrogen-bond acceptors (Lipinski definition) is 4. The zero-order valence-corrected chi connectivity index (χ0v) is 11.2. The third-order valence-electron chi connectivity index (χ3n) is 2.24. The second kappa shape index (κ2) is 6.55. The first-order chi connectivity index (χ1) is 8.48. The van der Waals surface area contributed by atoms with Crippen LogP contribution in [-0.4, -0.2) is 34.4 Å². The third-order valence-corrected chi connectivity index (χ3v) is 3.51. The Bertz CT molecular complexity index is 491. The van der Waals surface area contributed by atoms with Gasteiger partial charge in [-0.3, -0.25) is 4.72 Å². The Labute approximate surface area is 106 Å². The minimum Gasteiger partial charge on any atom is -0.497 e. The Morgan fingerprint density at radius 3 is 2.72 bits per heavy atom. The van der Waals surface area contributed by atoms with E-state index >= 15 is 0 Å². The molecule has 0 spiro atoms. The van der Waals surface area contributed by atoms with Gasteiger partial charge in [-0.25, -0.2) is 12.8 Å². The van der Waals surface area contributed by atoms with E-state index in [1.54, 1.807) is 0 Å². The Kier molecular flexibility index (Phi) is 5.36. The maximum absolute atomic E-state index is 13.4. The van der Waals surface area contributed by atoms with Crippen LogP contribution in [-0.2, 0) is 10.0 Å². The van der Waals surface area contributed by atoms with Crippen LogP contribution in [0.15, 0.2) is 18.2 Å². The van der Waals surface area contributed by atoms with Gasteiger partial charge in [-0.15, -0.1) is 0 Å². The SMILES string of the molecule is CCNCCS(=O)(=O)Nc1cc(OC)ccc1F. The summed E-state index contributed by atoms with van der Waals surface area (Å²) in [5.74, 6) is -0.360. The van der Waals surface area contributed by atoms with Gasteiger partial charge in [0.2, 0.25) is 10.0 Å². The van der Waals surface area contributed by atoms with Crippen LogP contribution in [0, 0.1) is 5.82 Å². The Balaban J connectivity index is 2.76. The van der Waals surface area contributed by atoms with Crippen LogP contribution in [0.2, 0.25) is 0 Å². The lowest BCUT2D eigenvalue weighted by Crippen LogP contribution is -2.26. The number of nitrogens with one attached hydrogen (secondary N) is 2. The van der Waals surface area contributed by atoms with Crippen molar-refractivity contribution in [3.63, 3.8) is 0 Å². The van der Waals surface area contributed by atoms with Gasteiger partial charge in [-0.2, -0.15) is 0 Å². The molecule has 0 saturated carbocycles. The summed E-state index contributed by atoms with van der Waals surface area (Å²) in [5, 5.41) is 2.89. The van der Waals surface area contributed by atoms with Gasteiger partial charge >= 0.3 is 0 Å². The van der Waals surface area contributed by atoms with Gasteiger partial charge in [0.05, 0.1) is 18.6 Å². The number of halogens is 1. The van der Waals surface area contributed by atoms with E-state index in [-0.39, 0.29) is 11.4 Å². The first kappa shape index (κ1) is 14.7. The van der Waals surface area contributed by atoms with Crippen molar-refractivity contribution < 1.29 is 17.5 Å². The number of ether oxygens (including phenoxy) is 1. The number of methoxy groups -OCH3 is 1. The molecule has 0 amide bonds. The summed E-state index contributed by atoms with van der Waals surface area (Å²) < 4.78 is 43.9. The highest BCUT2D eigenvalue weighted by atomic mass is 32.2. The van der Waals surface area contributed by atoms with Crippen molar-refractivity contribution in [1.29, 1.82) is 0 Å². The monoisotopic (exact) mass is 276 g/mol. The first-order valence-corrected chi connectivity index (χ1v) is 7.18. The summed E-state index contributed by atoms with van der Waals surface area (Å²) in [7, 11) is -2.14. The second-order valence-corrected chi connectivity index (χ2v) is 5.46. The van der Waals surface area contributed by atoms with E-state index in [1.807, 2.05) is 6.92 Å². The predicted molar refractivity (Wildman–Crippen MR) is 68.9 cm³/mol. The number of sulfonamides is 1. The molecule has 1 aromatic carbocycles. The molecule has 0 aromatic heterocycles. The molecule has 0 fully saturated rings. The van der Waals surface area contributed by atoms with Crippen molar-refractivity contribution in [2.24, 2.45) is 0 Å². The van der Waals surface area contributed by atoms with E-state index in [9.17, 15) is 12.8 Å². The van der Waals surface area contributed by atoms with Crippen LogP contribution in [0.25, 0.3) is 0 Å². The lowest BCUT2D eigenvalue weighted by Gasteiger charge is -2.10. The number of rotatable bonds is 7. The first-order valence-electron chi connectivity index (χ1n) is 5.53. The van der Waals surface area contributed by atoms with Crippen molar-refractivity contribution in [3.8, 4) is 5.75 Å². The van der Waals surface area contributed by atoms with Crippen LogP contribution in [0.1, 0.15) is 6.92 Å². The summed E-state index contributed by atoms with van der Waals surface area (Å²) in [5.41, 5.74) is -0.106. The van der Waals surface area contributed by atoms with Crippen LogP contribution in [0.3, 0.4) is 0 Å². The zero-order chi connectivity index (χ0) is 13.6. The summed E-state index contributed by atoms with van der Waals surface area (Å²) >= 11 is 0. The molecule has 7 heteroatoms. The van der Waals surface area contributed by atoms with Crippen LogP contribution in [0.4, 0.5) is 10.1 Å². The van der Waals surface area contributed by atoms with Crippen molar-refractivity contribution in [1.82, 2.24) is 5.32 Å².